The molecule has 0 saturated heterocycles. The third-order valence-electron chi connectivity index (χ3n) is 1.58. The second-order valence-electron chi connectivity index (χ2n) is 2.79. The Morgan fingerprint density at radius 3 is 1.75 bits per heavy atom. The molecule has 0 fully saturated rings. The van der Waals surface area contributed by atoms with E-state index < -0.39 is 11.6 Å². The molecule has 68 valence electrons. The predicted molar refractivity (Wildman–Crippen MR) is 47.2 cm³/mol. The maximum absolute atomic E-state index is 12.9. The van der Waals surface area contributed by atoms with Gasteiger partial charge in [0, 0.05) is 5.56 Å². The fourth-order valence-electron chi connectivity index (χ4n) is 1.06. The summed E-state index contributed by atoms with van der Waals surface area (Å²) >= 11 is 0. The molecule has 0 N–H and O–H groups in total. The lowest BCUT2D eigenvalue weighted by Crippen LogP contribution is -1.96. The van der Waals surface area contributed by atoms with Crippen LogP contribution in [0.5, 0.6) is 0 Å². The number of rotatable bonds is 1. The van der Waals surface area contributed by atoms with Crippen LogP contribution in [0.3, 0.4) is 0 Å². The van der Waals surface area contributed by atoms with Crippen LogP contribution < -0.4 is 0 Å². The highest BCUT2D eigenvalue weighted by Gasteiger charge is 2.10. The van der Waals surface area contributed by atoms with Crippen molar-refractivity contribution < 1.29 is 8.78 Å². The average molecular weight is 172 g/mol. The van der Waals surface area contributed by atoms with E-state index in [-0.39, 0.29) is 18.9 Å². The Hall–Kier alpha value is -0.920. The van der Waals surface area contributed by atoms with E-state index in [0.717, 1.165) is 0 Å². The predicted octanol–water partition coefficient (Wildman–Crippen LogP) is 3.72. The minimum absolute atomic E-state index is 0. The van der Waals surface area contributed by atoms with E-state index in [9.17, 15) is 8.78 Å². The molecular weight excluding hydrogens is 158 g/mol. The second kappa shape index (κ2) is 4.19. The van der Waals surface area contributed by atoms with Gasteiger partial charge in [0.05, 0.1) is 0 Å². The van der Waals surface area contributed by atoms with Gasteiger partial charge < -0.3 is 0 Å². The first-order valence-corrected chi connectivity index (χ1v) is 3.57. The molecule has 0 nitrogen and oxygen atoms in total. The van der Waals surface area contributed by atoms with Crippen LogP contribution in [-0.2, 0) is 0 Å². The van der Waals surface area contributed by atoms with Crippen molar-refractivity contribution in [1.82, 2.24) is 0 Å². The van der Waals surface area contributed by atoms with Gasteiger partial charge in [-0.15, -0.1) is 0 Å². The normalized spacial score (nSPS) is 9.75. The highest BCUT2D eigenvalue weighted by atomic mass is 19.1. The van der Waals surface area contributed by atoms with Crippen LogP contribution in [0, 0.1) is 11.6 Å². The monoisotopic (exact) mass is 172 g/mol. The summed E-state index contributed by atoms with van der Waals surface area (Å²) in [4.78, 5) is 0. The zero-order valence-electron chi connectivity index (χ0n) is 6.57. The zero-order chi connectivity index (χ0) is 8.43. The molecule has 0 heterocycles. The summed E-state index contributed by atoms with van der Waals surface area (Å²) in [7, 11) is 0. The molecule has 12 heavy (non-hydrogen) atoms. The molecule has 1 aromatic carbocycles. The minimum Gasteiger partial charge on any atom is -0.207 e. The van der Waals surface area contributed by atoms with Gasteiger partial charge in [0.1, 0.15) is 11.6 Å². The molecule has 0 aromatic heterocycles. The molecule has 0 unspecified atom stereocenters. The maximum atomic E-state index is 12.9. The van der Waals surface area contributed by atoms with Gasteiger partial charge in [-0.05, 0) is 18.1 Å². The molecule has 2 heteroatoms. The first-order chi connectivity index (χ1) is 5.13. The second-order valence-corrected chi connectivity index (χ2v) is 2.79. The van der Waals surface area contributed by atoms with Crippen molar-refractivity contribution in [2.75, 3.05) is 0 Å². The third-order valence-corrected chi connectivity index (χ3v) is 1.58. The van der Waals surface area contributed by atoms with E-state index in [0.29, 0.717) is 0 Å². The molecule has 0 aliphatic heterocycles. The van der Waals surface area contributed by atoms with E-state index in [1.165, 1.54) is 18.2 Å². The molecule has 0 aliphatic carbocycles. The topological polar surface area (TPSA) is 0 Å². The molecule has 1 aromatic rings. The smallest absolute Gasteiger partial charge is 0.129 e. The Morgan fingerprint density at radius 2 is 1.50 bits per heavy atom. The lowest BCUT2D eigenvalue weighted by Gasteiger charge is -2.06. The van der Waals surface area contributed by atoms with Gasteiger partial charge in [-0.25, -0.2) is 8.78 Å². The maximum Gasteiger partial charge on any atom is 0.129 e. The minimum atomic E-state index is -0.458. The number of hydrogen-bond acceptors (Lipinski definition) is 0. The first kappa shape index (κ1) is 11.1. The van der Waals surface area contributed by atoms with Crippen molar-refractivity contribution in [3.63, 3.8) is 0 Å². The van der Waals surface area contributed by atoms with E-state index in [2.05, 4.69) is 0 Å². The van der Waals surface area contributed by atoms with Gasteiger partial charge in [0.2, 0.25) is 0 Å². The summed E-state index contributed by atoms with van der Waals surface area (Å²) in [6.07, 6.45) is 0. The Labute approximate surface area is 72.2 Å². The molecule has 0 aliphatic rings. The number of benzene rings is 1. The fraction of sp³-hybridized carbons (Fsp3) is 0.400. The van der Waals surface area contributed by atoms with Crippen molar-refractivity contribution in [2.45, 2.75) is 27.2 Å². The fourth-order valence-corrected chi connectivity index (χ4v) is 1.06. The van der Waals surface area contributed by atoms with Gasteiger partial charge in [-0.1, -0.05) is 27.3 Å². The highest BCUT2D eigenvalue weighted by Crippen LogP contribution is 2.20. The van der Waals surface area contributed by atoms with Gasteiger partial charge in [0.15, 0.2) is 0 Å². The zero-order valence-corrected chi connectivity index (χ0v) is 6.57. The Balaban J connectivity index is 0.00000121. The molecule has 0 amide bonds. The summed E-state index contributed by atoms with van der Waals surface area (Å²) < 4.78 is 25.7. The van der Waals surface area contributed by atoms with E-state index >= 15 is 0 Å². The summed E-state index contributed by atoms with van der Waals surface area (Å²) in [5, 5.41) is 0. The third kappa shape index (κ3) is 2.03. The van der Waals surface area contributed by atoms with Crippen molar-refractivity contribution in [3.8, 4) is 0 Å². The number of hydrogen-bond donors (Lipinski definition) is 0. The lowest BCUT2D eigenvalue weighted by atomic mass is 10.0. The van der Waals surface area contributed by atoms with Crippen LogP contribution in [0.4, 0.5) is 8.78 Å². The standard InChI is InChI=1S/C9H10F2.CH4/c1-6(2)9-7(10)4-3-5-8(9)11;/h3-6H,1-2H3;1H4. The highest BCUT2D eigenvalue weighted by molar-refractivity contribution is 5.22. The SMILES string of the molecule is C.CC(C)c1c(F)cccc1F. The van der Waals surface area contributed by atoms with Crippen LogP contribution in [0.25, 0.3) is 0 Å². The molecule has 0 radical (unpaired) electrons. The molecule has 0 atom stereocenters. The van der Waals surface area contributed by atoms with Gasteiger partial charge >= 0.3 is 0 Å². The van der Waals surface area contributed by atoms with E-state index in [4.69, 9.17) is 0 Å². The summed E-state index contributed by atoms with van der Waals surface area (Å²) in [5.41, 5.74) is 0.174. The molecular formula is C10H14F2. The Morgan fingerprint density at radius 1 is 1.08 bits per heavy atom. The van der Waals surface area contributed by atoms with Crippen LogP contribution in [-0.4, -0.2) is 0 Å². The largest absolute Gasteiger partial charge is 0.207 e. The van der Waals surface area contributed by atoms with E-state index in [1.54, 1.807) is 13.8 Å². The Kier molecular flexibility index (Phi) is 3.87. The molecule has 0 saturated carbocycles. The molecule has 1 rings (SSSR count). The van der Waals surface area contributed by atoms with Crippen molar-refractivity contribution in [3.05, 3.63) is 35.4 Å². The van der Waals surface area contributed by atoms with E-state index in [1.807, 2.05) is 0 Å². The first-order valence-electron chi connectivity index (χ1n) is 3.57. The van der Waals surface area contributed by atoms with Gasteiger partial charge in [-0.2, -0.15) is 0 Å². The van der Waals surface area contributed by atoms with Gasteiger partial charge in [0.25, 0.3) is 0 Å². The average Bonchev–Trinajstić information content (AvgIpc) is 1.85. The number of halogens is 2. The summed E-state index contributed by atoms with van der Waals surface area (Å²) in [6.45, 7) is 3.53. The van der Waals surface area contributed by atoms with Crippen LogP contribution >= 0.6 is 0 Å². The van der Waals surface area contributed by atoms with Crippen LogP contribution in [0.1, 0.15) is 32.8 Å². The summed E-state index contributed by atoms with van der Waals surface area (Å²) in [5.74, 6) is -1.02. The Bertz CT molecular complexity index is 234. The van der Waals surface area contributed by atoms with Crippen molar-refractivity contribution >= 4 is 0 Å². The van der Waals surface area contributed by atoms with Crippen molar-refractivity contribution in [1.29, 1.82) is 0 Å². The quantitative estimate of drug-likeness (QED) is 0.605. The van der Waals surface area contributed by atoms with Crippen molar-refractivity contribution in [2.24, 2.45) is 0 Å². The lowest BCUT2D eigenvalue weighted by molar-refractivity contribution is 0.542. The molecule has 0 spiro atoms. The van der Waals surface area contributed by atoms with Gasteiger partial charge in [-0.3, -0.25) is 0 Å². The van der Waals surface area contributed by atoms with Crippen LogP contribution in [0.2, 0.25) is 0 Å². The molecule has 0 bridgehead atoms. The van der Waals surface area contributed by atoms with Crippen LogP contribution in [0.15, 0.2) is 18.2 Å². The summed E-state index contributed by atoms with van der Waals surface area (Å²) in [6, 6.07) is 3.92.